The number of halogens is 6. The van der Waals surface area contributed by atoms with Crippen molar-refractivity contribution in [1.29, 1.82) is 0 Å². The predicted molar refractivity (Wildman–Crippen MR) is 124 cm³/mol. The van der Waals surface area contributed by atoms with Crippen molar-refractivity contribution in [3.8, 4) is 0 Å². The number of anilines is 1. The first kappa shape index (κ1) is 26.7. The molecule has 3 aromatic rings. The Bertz CT molecular complexity index is 1350. The highest BCUT2D eigenvalue weighted by molar-refractivity contribution is 7.92. The fourth-order valence-electron chi connectivity index (χ4n) is 3.04. The lowest BCUT2D eigenvalue weighted by Crippen LogP contribution is -2.30. The van der Waals surface area contributed by atoms with Gasteiger partial charge < -0.3 is 5.32 Å². The Labute approximate surface area is 208 Å². The molecule has 0 radical (unpaired) electrons. The van der Waals surface area contributed by atoms with Crippen LogP contribution in [-0.2, 0) is 29.3 Å². The highest BCUT2D eigenvalue weighted by Crippen LogP contribution is 2.30. The molecule has 0 saturated heterocycles. The number of carbonyl (C=O) groups is 1. The Kier molecular flexibility index (Phi) is 7.93. The van der Waals surface area contributed by atoms with Gasteiger partial charge in [0, 0.05) is 12.7 Å². The highest BCUT2D eigenvalue weighted by Gasteiger charge is 2.32. The van der Waals surface area contributed by atoms with Crippen molar-refractivity contribution in [2.75, 3.05) is 10.6 Å². The minimum atomic E-state index is -4.59. The fourth-order valence-corrected chi connectivity index (χ4v) is 4.29. The summed E-state index contributed by atoms with van der Waals surface area (Å²) in [4.78, 5) is 15.7. The fraction of sp³-hybridized carbons (Fsp3) is 0.182. The van der Waals surface area contributed by atoms with Gasteiger partial charge in [-0.2, -0.15) is 13.2 Å². The molecule has 1 aromatic heterocycles. The average Bonchev–Trinajstić information content (AvgIpc) is 2.77. The molecule has 0 fully saturated rings. The molecule has 0 unspecified atom stereocenters. The first-order valence-corrected chi connectivity index (χ1v) is 12.4. The molecule has 0 atom stereocenters. The zero-order valence-corrected chi connectivity index (χ0v) is 20.2. The summed E-state index contributed by atoms with van der Waals surface area (Å²) in [6.45, 7) is -0.433. The second-order valence-electron chi connectivity index (χ2n) is 7.38. The normalized spacial score (nSPS) is 11.9. The lowest BCUT2D eigenvalue weighted by molar-refractivity contribution is -0.141. The molecule has 0 bridgehead atoms. The van der Waals surface area contributed by atoms with E-state index in [1.54, 1.807) is 12.1 Å². The Hall–Kier alpha value is -2.89. The van der Waals surface area contributed by atoms with Gasteiger partial charge in [0.25, 0.3) is 5.91 Å². The molecule has 0 aliphatic heterocycles. The lowest BCUT2D eigenvalue weighted by atomic mass is 10.1. The van der Waals surface area contributed by atoms with E-state index >= 15 is 0 Å². The molecule has 1 N–H and O–H groups in total. The van der Waals surface area contributed by atoms with Crippen molar-refractivity contribution in [1.82, 2.24) is 10.3 Å². The van der Waals surface area contributed by atoms with Crippen LogP contribution in [0.2, 0.25) is 10.0 Å². The molecule has 1 heterocycles. The van der Waals surface area contributed by atoms with E-state index in [1.165, 1.54) is 12.1 Å². The summed E-state index contributed by atoms with van der Waals surface area (Å²) in [7, 11) is -3.88. The Morgan fingerprint density at radius 3 is 2.40 bits per heavy atom. The van der Waals surface area contributed by atoms with Gasteiger partial charge in [-0.1, -0.05) is 41.4 Å². The summed E-state index contributed by atoms with van der Waals surface area (Å²) in [6.07, 6.45) is -2.71. The number of rotatable bonds is 7. The van der Waals surface area contributed by atoms with Crippen LogP contribution < -0.4 is 9.62 Å². The van der Waals surface area contributed by atoms with Gasteiger partial charge in [0.1, 0.15) is 11.5 Å². The van der Waals surface area contributed by atoms with E-state index in [4.69, 9.17) is 23.2 Å². The van der Waals surface area contributed by atoms with Gasteiger partial charge in [0.15, 0.2) is 0 Å². The molecule has 0 saturated carbocycles. The van der Waals surface area contributed by atoms with Crippen LogP contribution in [0.5, 0.6) is 0 Å². The summed E-state index contributed by atoms with van der Waals surface area (Å²) < 4.78 is 78.2. The Morgan fingerprint density at radius 2 is 1.83 bits per heavy atom. The van der Waals surface area contributed by atoms with Crippen molar-refractivity contribution in [3.05, 3.63) is 93.0 Å². The maximum absolute atomic E-state index is 14.8. The zero-order valence-electron chi connectivity index (χ0n) is 17.9. The number of hydrogen-bond acceptors (Lipinski definition) is 4. The van der Waals surface area contributed by atoms with Crippen LogP contribution in [0.25, 0.3) is 0 Å². The Morgan fingerprint density at radius 1 is 1.11 bits per heavy atom. The van der Waals surface area contributed by atoms with E-state index in [-0.39, 0.29) is 39.9 Å². The van der Waals surface area contributed by atoms with Crippen LogP contribution >= 0.6 is 23.2 Å². The predicted octanol–water partition coefficient (Wildman–Crippen LogP) is 5.44. The van der Waals surface area contributed by atoms with Crippen LogP contribution in [0.15, 0.2) is 54.7 Å². The van der Waals surface area contributed by atoms with E-state index in [1.807, 2.05) is 0 Å². The molecule has 6 nitrogen and oxygen atoms in total. The summed E-state index contributed by atoms with van der Waals surface area (Å²) >= 11 is 12.1. The molecule has 3 rings (SSSR count). The average molecular weight is 550 g/mol. The number of amides is 1. The molecule has 13 heteroatoms. The monoisotopic (exact) mass is 549 g/mol. The molecular weight excluding hydrogens is 533 g/mol. The third-order valence-corrected chi connectivity index (χ3v) is 6.80. The Balaban J connectivity index is 1.78. The van der Waals surface area contributed by atoms with Gasteiger partial charge in [-0.25, -0.2) is 12.8 Å². The second-order valence-corrected chi connectivity index (χ2v) is 10.1. The maximum atomic E-state index is 14.8. The highest BCUT2D eigenvalue weighted by atomic mass is 35.5. The van der Waals surface area contributed by atoms with Gasteiger partial charge in [0.2, 0.25) is 10.0 Å². The minimum absolute atomic E-state index is 0.0514. The summed E-state index contributed by atoms with van der Waals surface area (Å²) in [5.74, 6) is -1.85. The number of nitrogens with zero attached hydrogens (tertiary/aromatic N) is 2. The van der Waals surface area contributed by atoms with Crippen LogP contribution in [0, 0.1) is 5.82 Å². The van der Waals surface area contributed by atoms with Gasteiger partial charge >= 0.3 is 6.18 Å². The summed E-state index contributed by atoms with van der Waals surface area (Å²) in [6, 6.07) is 9.83. The lowest BCUT2D eigenvalue weighted by Gasteiger charge is -2.23. The van der Waals surface area contributed by atoms with Crippen molar-refractivity contribution < 1.29 is 30.8 Å². The minimum Gasteiger partial charge on any atom is -0.348 e. The third kappa shape index (κ3) is 6.62. The molecule has 186 valence electrons. The van der Waals surface area contributed by atoms with E-state index in [0.29, 0.717) is 5.56 Å². The SMILES string of the molecule is CS(=O)(=O)N(Cc1cccc(Cl)c1Cl)c1ccc(C(=O)NCc2ccc(C(F)(F)F)nc2)c(F)c1. The van der Waals surface area contributed by atoms with Gasteiger partial charge in [-0.15, -0.1) is 0 Å². The molecule has 0 aliphatic rings. The molecule has 1 amide bonds. The first-order chi connectivity index (χ1) is 16.3. The largest absolute Gasteiger partial charge is 0.433 e. The quantitative estimate of drug-likeness (QED) is 0.398. The smallest absolute Gasteiger partial charge is 0.348 e. The van der Waals surface area contributed by atoms with Gasteiger partial charge in [-0.05, 0) is 41.5 Å². The third-order valence-electron chi connectivity index (χ3n) is 4.80. The van der Waals surface area contributed by atoms with Crippen LogP contribution in [0.4, 0.5) is 23.2 Å². The zero-order chi connectivity index (χ0) is 26.0. The van der Waals surface area contributed by atoms with Crippen molar-refractivity contribution >= 4 is 44.8 Å². The van der Waals surface area contributed by atoms with Crippen LogP contribution in [0.3, 0.4) is 0 Å². The number of benzene rings is 2. The molecule has 35 heavy (non-hydrogen) atoms. The van der Waals surface area contributed by atoms with Crippen LogP contribution in [0.1, 0.15) is 27.2 Å². The summed E-state index contributed by atoms with van der Waals surface area (Å²) in [5.41, 5.74) is -0.863. The number of pyridine rings is 1. The van der Waals surface area contributed by atoms with E-state index in [9.17, 15) is 30.8 Å². The number of carbonyl (C=O) groups excluding carboxylic acids is 1. The van der Waals surface area contributed by atoms with E-state index < -0.39 is 33.6 Å². The molecular formula is C22H17Cl2F4N3O3S. The van der Waals surface area contributed by atoms with Crippen LogP contribution in [-0.4, -0.2) is 25.6 Å². The number of hydrogen-bond donors (Lipinski definition) is 1. The van der Waals surface area contributed by atoms with Crippen molar-refractivity contribution in [3.63, 3.8) is 0 Å². The number of nitrogens with one attached hydrogen (secondary N) is 1. The topological polar surface area (TPSA) is 79.4 Å². The van der Waals surface area contributed by atoms with E-state index in [2.05, 4.69) is 10.3 Å². The first-order valence-electron chi connectivity index (χ1n) is 9.78. The number of aromatic nitrogens is 1. The summed E-state index contributed by atoms with van der Waals surface area (Å²) in [5, 5.41) is 2.75. The van der Waals surface area contributed by atoms with Crippen molar-refractivity contribution in [2.24, 2.45) is 0 Å². The number of sulfonamides is 1. The number of alkyl halides is 3. The standard InChI is InChI=1S/C22H17Cl2F4N3O3S/c1-35(33,34)31(12-14-3-2-4-17(23)20(14)24)15-6-7-16(18(25)9-15)21(32)30-11-13-5-8-19(29-10-13)22(26,27)28/h2-10H,11-12H2,1H3,(H,30,32). The second kappa shape index (κ2) is 10.4. The maximum Gasteiger partial charge on any atom is 0.433 e. The molecule has 2 aromatic carbocycles. The molecule has 0 spiro atoms. The van der Waals surface area contributed by atoms with Gasteiger partial charge in [0.05, 0.1) is 34.1 Å². The van der Waals surface area contributed by atoms with E-state index in [0.717, 1.165) is 41.0 Å². The van der Waals surface area contributed by atoms with Crippen molar-refractivity contribution in [2.45, 2.75) is 19.3 Å². The van der Waals surface area contributed by atoms with Gasteiger partial charge in [-0.3, -0.25) is 14.1 Å². The molecule has 0 aliphatic carbocycles.